The molecule has 1 fully saturated rings. The molecule has 1 amide bonds. The maximum absolute atomic E-state index is 12.2. The van der Waals surface area contributed by atoms with Crippen LogP contribution in [0.5, 0.6) is 0 Å². The van der Waals surface area contributed by atoms with E-state index in [2.05, 4.69) is 10.6 Å². The van der Waals surface area contributed by atoms with Crippen molar-refractivity contribution >= 4 is 11.6 Å². The minimum atomic E-state index is -0.363. The fourth-order valence-electron chi connectivity index (χ4n) is 2.76. The third-order valence-electron chi connectivity index (χ3n) is 4.06. The molecule has 0 radical (unpaired) electrons. The zero-order valence-electron chi connectivity index (χ0n) is 13.3. The summed E-state index contributed by atoms with van der Waals surface area (Å²) in [7, 11) is 0. The molecule has 2 N–H and O–H groups in total. The van der Waals surface area contributed by atoms with Crippen LogP contribution in [0.15, 0.2) is 30.0 Å². The number of anilines is 1. The van der Waals surface area contributed by atoms with Gasteiger partial charge in [-0.05, 0) is 38.3 Å². The van der Waals surface area contributed by atoms with Gasteiger partial charge in [-0.2, -0.15) is 5.26 Å². The summed E-state index contributed by atoms with van der Waals surface area (Å²) < 4.78 is 0. The zero-order valence-corrected chi connectivity index (χ0v) is 13.3. The smallest absolute Gasteiger partial charge is 0.267 e. The van der Waals surface area contributed by atoms with Crippen LogP contribution in [0.4, 0.5) is 5.69 Å². The summed E-state index contributed by atoms with van der Waals surface area (Å²) in [6, 6.07) is 8.18. The molecule has 1 saturated carbocycles. The van der Waals surface area contributed by atoms with Crippen LogP contribution in [0.2, 0.25) is 0 Å². The SMILES string of the molecule is Cc1ccc(NC(=O)/C(C#N)=C\NC2CCCCC2)c(C)c1. The van der Waals surface area contributed by atoms with Gasteiger partial charge < -0.3 is 10.6 Å². The highest BCUT2D eigenvalue weighted by molar-refractivity contribution is 6.06. The van der Waals surface area contributed by atoms with E-state index in [1.54, 1.807) is 6.20 Å². The van der Waals surface area contributed by atoms with Crippen LogP contribution in [0.3, 0.4) is 0 Å². The Morgan fingerprint density at radius 1 is 1.27 bits per heavy atom. The Hall–Kier alpha value is -2.28. The summed E-state index contributed by atoms with van der Waals surface area (Å²) in [5.74, 6) is -0.363. The molecule has 0 aliphatic heterocycles. The van der Waals surface area contributed by atoms with Crippen molar-refractivity contribution in [2.75, 3.05) is 5.32 Å². The first-order valence-corrected chi connectivity index (χ1v) is 7.85. The summed E-state index contributed by atoms with van der Waals surface area (Å²) in [5.41, 5.74) is 3.00. The average molecular weight is 297 g/mol. The van der Waals surface area contributed by atoms with E-state index in [-0.39, 0.29) is 11.5 Å². The molecule has 1 aromatic carbocycles. The predicted octanol–water partition coefficient (Wildman–Crippen LogP) is 3.57. The normalized spacial score (nSPS) is 16.0. The van der Waals surface area contributed by atoms with Crippen LogP contribution in [-0.2, 0) is 4.79 Å². The van der Waals surface area contributed by atoms with Gasteiger partial charge in [-0.25, -0.2) is 0 Å². The highest BCUT2D eigenvalue weighted by Gasteiger charge is 2.14. The van der Waals surface area contributed by atoms with E-state index < -0.39 is 0 Å². The Balaban J connectivity index is 2.00. The quantitative estimate of drug-likeness (QED) is 0.659. The molecule has 4 nitrogen and oxygen atoms in total. The Bertz CT molecular complexity index is 607. The van der Waals surface area contributed by atoms with Gasteiger partial charge in [0.1, 0.15) is 11.6 Å². The molecule has 0 heterocycles. The van der Waals surface area contributed by atoms with E-state index in [9.17, 15) is 10.1 Å². The van der Waals surface area contributed by atoms with Crippen LogP contribution in [0.25, 0.3) is 0 Å². The topological polar surface area (TPSA) is 64.9 Å². The monoisotopic (exact) mass is 297 g/mol. The van der Waals surface area contributed by atoms with Crippen molar-refractivity contribution in [3.63, 3.8) is 0 Å². The lowest BCUT2D eigenvalue weighted by molar-refractivity contribution is -0.112. The van der Waals surface area contributed by atoms with Gasteiger partial charge >= 0.3 is 0 Å². The third kappa shape index (κ3) is 4.36. The number of nitrogens with one attached hydrogen (secondary N) is 2. The summed E-state index contributed by atoms with van der Waals surface area (Å²) in [4.78, 5) is 12.2. The van der Waals surface area contributed by atoms with Crippen molar-refractivity contribution in [2.24, 2.45) is 0 Å². The highest BCUT2D eigenvalue weighted by Crippen LogP contribution is 2.18. The molecular formula is C18H23N3O. The molecule has 22 heavy (non-hydrogen) atoms. The molecule has 0 saturated heterocycles. The lowest BCUT2D eigenvalue weighted by Crippen LogP contribution is -2.28. The van der Waals surface area contributed by atoms with Gasteiger partial charge in [0.05, 0.1) is 0 Å². The standard InChI is InChI=1S/C18H23N3O/c1-13-8-9-17(14(2)10-13)21-18(22)15(11-19)12-20-16-6-4-3-5-7-16/h8-10,12,16,20H,3-7H2,1-2H3,(H,21,22)/b15-12-. The van der Waals surface area contributed by atoms with E-state index in [0.29, 0.717) is 6.04 Å². The fourth-order valence-corrected chi connectivity index (χ4v) is 2.76. The molecule has 0 atom stereocenters. The molecule has 0 bridgehead atoms. The van der Waals surface area contributed by atoms with Crippen molar-refractivity contribution in [3.05, 3.63) is 41.1 Å². The molecule has 0 spiro atoms. The van der Waals surface area contributed by atoms with Crippen LogP contribution in [0.1, 0.15) is 43.2 Å². The van der Waals surface area contributed by atoms with E-state index in [4.69, 9.17) is 0 Å². The molecule has 1 aliphatic rings. The van der Waals surface area contributed by atoms with Crippen LogP contribution in [-0.4, -0.2) is 11.9 Å². The first kappa shape index (κ1) is 16.1. The number of hydrogen-bond donors (Lipinski definition) is 2. The van der Waals surface area contributed by atoms with E-state index >= 15 is 0 Å². The molecule has 4 heteroatoms. The Labute approximate surface area is 132 Å². The van der Waals surface area contributed by atoms with Crippen LogP contribution >= 0.6 is 0 Å². The number of hydrogen-bond acceptors (Lipinski definition) is 3. The van der Waals surface area contributed by atoms with Gasteiger partial charge in [0.25, 0.3) is 5.91 Å². The lowest BCUT2D eigenvalue weighted by Gasteiger charge is -2.21. The first-order valence-electron chi connectivity index (χ1n) is 7.85. The minimum absolute atomic E-state index is 0.116. The van der Waals surface area contributed by atoms with Crippen molar-refractivity contribution in [1.82, 2.24) is 5.32 Å². The van der Waals surface area contributed by atoms with Gasteiger partial charge in [0, 0.05) is 17.9 Å². The number of nitrogens with zero attached hydrogens (tertiary/aromatic N) is 1. The van der Waals surface area contributed by atoms with Crippen LogP contribution < -0.4 is 10.6 Å². The largest absolute Gasteiger partial charge is 0.387 e. The molecular weight excluding hydrogens is 274 g/mol. The highest BCUT2D eigenvalue weighted by atomic mass is 16.1. The fraction of sp³-hybridized carbons (Fsp3) is 0.444. The Morgan fingerprint density at radius 3 is 2.64 bits per heavy atom. The maximum atomic E-state index is 12.2. The maximum Gasteiger partial charge on any atom is 0.267 e. The van der Waals surface area contributed by atoms with Crippen LogP contribution in [0, 0.1) is 25.2 Å². The number of carbonyl (C=O) groups is 1. The summed E-state index contributed by atoms with van der Waals surface area (Å²) in [6.45, 7) is 3.95. The van der Waals surface area contributed by atoms with Gasteiger partial charge in [-0.15, -0.1) is 0 Å². The van der Waals surface area contributed by atoms with Crippen molar-refractivity contribution in [2.45, 2.75) is 52.0 Å². The number of aryl methyl sites for hydroxylation is 2. The second-order valence-corrected chi connectivity index (χ2v) is 5.94. The van der Waals surface area contributed by atoms with E-state index in [1.807, 2.05) is 38.1 Å². The number of amides is 1. The molecule has 1 aliphatic carbocycles. The number of rotatable bonds is 4. The predicted molar refractivity (Wildman–Crippen MR) is 88.3 cm³/mol. The molecule has 0 unspecified atom stereocenters. The average Bonchev–Trinajstić information content (AvgIpc) is 2.52. The molecule has 1 aromatic rings. The molecule has 0 aromatic heterocycles. The Kier molecular flexibility index (Phi) is 5.60. The first-order chi connectivity index (χ1) is 10.6. The van der Waals surface area contributed by atoms with Gasteiger partial charge in [0.15, 0.2) is 0 Å². The van der Waals surface area contributed by atoms with Crippen molar-refractivity contribution in [1.29, 1.82) is 5.26 Å². The zero-order chi connectivity index (χ0) is 15.9. The second kappa shape index (κ2) is 7.65. The van der Waals surface area contributed by atoms with E-state index in [0.717, 1.165) is 29.7 Å². The number of benzene rings is 1. The Morgan fingerprint density at radius 2 is 2.00 bits per heavy atom. The lowest BCUT2D eigenvalue weighted by atomic mass is 9.96. The van der Waals surface area contributed by atoms with Crippen molar-refractivity contribution in [3.8, 4) is 6.07 Å². The van der Waals surface area contributed by atoms with Crippen molar-refractivity contribution < 1.29 is 4.79 Å². The minimum Gasteiger partial charge on any atom is -0.387 e. The molecule has 116 valence electrons. The third-order valence-corrected chi connectivity index (χ3v) is 4.06. The summed E-state index contributed by atoms with van der Waals surface area (Å²) >= 11 is 0. The van der Waals surface area contributed by atoms with Gasteiger partial charge in [-0.1, -0.05) is 37.0 Å². The van der Waals surface area contributed by atoms with Gasteiger partial charge in [-0.3, -0.25) is 4.79 Å². The number of carbonyl (C=O) groups excluding carboxylic acids is 1. The molecule has 2 rings (SSSR count). The summed E-state index contributed by atoms with van der Waals surface area (Å²) in [6.07, 6.45) is 7.47. The second-order valence-electron chi connectivity index (χ2n) is 5.94. The summed E-state index contributed by atoms with van der Waals surface area (Å²) in [5, 5.41) is 15.2. The van der Waals surface area contributed by atoms with Gasteiger partial charge in [0.2, 0.25) is 0 Å². The number of nitriles is 1. The van der Waals surface area contributed by atoms with E-state index in [1.165, 1.54) is 19.3 Å².